The molecule has 18 heavy (non-hydrogen) atoms. The van der Waals surface area contributed by atoms with Crippen LogP contribution in [0.1, 0.15) is 26.5 Å². The van der Waals surface area contributed by atoms with Crippen LogP contribution in [0, 0.1) is 17.2 Å². The Kier molecular flexibility index (Phi) is 5.12. The van der Waals surface area contributed by atoms with Crippen LogP contribution in [0.15, 0.2) is 18.2 Å². The van der Waals surface area contributed by atoms with Crippen LogP contribution in [0.3, 0.4) is 0 Å². The Hall–Kier alpha value is -2.09. The monoisotopic (exact) mass is 247 g/mol. The van der Waals surface area contributed by atoms with Gasteiger partial charge in [0.25, 0.3) is 0 Å². The maximum absolute atomic E-state index is 11.6. The molecule has 0 radical (unpaired) electrons. The Morgan fingerprint density at radius 1 is 1.56 bits per heavy atom. The normalized spacial score (nSPS) is 13.2. The lowest BCUT2D eigenvalue weighted by Crippen LogP contribution is -2.31. The standard InChI is InChI=1S/C13H17N3O2/c1-4-18-13(17)9(2)10(3)15-12-7-5-6-11(8-14)16-12/h5-7,9-10H,4H2,1-3H3,(H,15,16)/t9-,10-/m0/s1. The molecule has 0 fully saturated rings. The molecule has 1 heterocycles. The highest BCUT2D eigenvalue weighted by Crippen LogP contribution is 2.12. The second kappa shape index (κ2) is 6.60. The van der Waals surface area contributed by atoms with E-state index in [9.17, 15) is 4.79 Å². The van der Waals surface area contributed by atoms with E-state index in [0.717, 1.165) is 0 Å². The van der Waals surface area contributed by atoms with Crippen molar-refractivity contribution in [2.75, 3.05) is 11.9 Å². The van der Waals surface area contributed by atoms with E-state index in [4.69, 9.17) is 10.00 Å². The lowest BCUT2D eigenvalue weighted by molar-refractivity contribution is -0.147. The number of rotatable bonds is 5. The molecule has 96 valence electrons. The van der Waals surface area contributed by atoms with Gasteiger partial charge in [0, 0.05) is 6.04 Å². The molecule has 0 saturated carbocycles. The van der Waals surface area contributed by atoms with Gasteiger partial charge in [-0.1, -0.05) is 6.07 Å². The third-order valence-corrected chi connectivity index (χ3v) is 2.65. The quantitative estimate of drug-likeness (QED) is 0.805. The van der Waals surface area contributed by atoms with E-state index < -0.39 is 0 Å². The number of nitrogens with zero attached hydrogens (tertiary/aromatic N) is 2. The number of carbonyl (C=O) groups excluding carboxylic acids is 1. The molecular formula is C13H17N3O2. The van der Waals surface area contributed by atoms with E-state index in [1.807, 2.05) is 13.0 Å². The summed E-state index contributed by atoms with van der Waals surface area (Å²) in [6.07, 6.45) is 0. The van der Waals surface area contributed by atoms with Gasteiger partial charge in [0.15, 0.2) is 0 Å². The Bertz CT molecular complexity index is 454. The van der Waals surface area contributed by atoms with Crippen LogP contribution >= 0.6 is 0 Å². The first-order valence-corrected chi connectivity index (χ1v) is 5.88. The van der Waals surface area contributed by atoms with Crippen molar-refractivity contribution in [1.82, 2.24) is 4.98 Å². The van der Waals surface area contributed by atoms with Crippen LogP contribution in [0.2, 0.25) is 0 Å². The number of anilines is 1. The third-order valence-electron chi connectivity index (χ3n) is 2.65. The second-order valence-corrected chi connectivity index (χ2v) is 3.99. The SMILES string of the molecule is CCOC(=O)[C@@H](C)[C@H](C)Nc1cccc(C#N)n1. The Morgan fingerprint density at radius 3 is 2.89 bits per heavy atom. The first-order valence-electron chi connectivity index (χ1n) is 5.88. The van der Waals surface area contributed by atoms with Gasteiger partial charge in [0.1, 0.15) is 17.6 Å². The summed E-state index contributed by atoms with van der Waals surface area (Å²) in [6.45, 7) is 5.82. The number of carbonyl (C=O) groups is 1. The predicted octanol–water partition coefficient (Wildman–Crippen LogP) is 1.95. The molecule has 2 atom stereocenters. The van der Waals surface area contributed by atoms with E-state index in [-0.39, 0.29) is 17.9 Å². The summed E-state index contributed by atoms with van der Waals surface area (Å²) in [7, 11) is 0. The number of nitriles is 1. The van der Waals surface area contributed by atoms with E-state index in [2.05, 4.69) is 10.3 Å². The molecular weight excluding hydrogens is 230 g/mol. The summed E-state index contributed by atoms with van der Waals surface area (Å²) in [6, 6.07) is 6.98. The van der Waals surface area contributed by atoms with Gasteiger partial charge in [0.2, 0.25) is 0 Å². The van der Waals surface area contributed by atoms with Gasteiger partial charge in [-0.2, -0.15) is 5.26 Å². The molecule has 0 spiro atoms. The van der Waals surface area contributed by atoms with Crippen LogP contribution in [-0.4, -0.2) is 23.6 Å². The predicted molar refractivity (Wildman–Crippen MR) is 67.8 cm³/mol. The minimum Gasteiger partial charge on any atom is -0.466 e. The zero-order valence-electron chi connectivity index (χ0n) is 10.8. The van der Waals surface area contributed by atoms with Gasteiger partial charge in [-0.05, 0) is 32.9 Å². The fraction of sp³-hybridized carbons (Fsp3) is 0.462. The van der Waals surface area contributed by atoms with Crippen molar-refractivity contribution in [3.63, 3.8) is 0 Å². The van der Waals surface area contributed by atoms with Crippen molar-refractivity contribution in [3.05, 3.63) is 23.9 Å². The third kappa shape index (κ3) is 3.74. The van der Waals surface area contributed by atoms with E-state index in [0.29, 0.717) is 18.1 Å². The highest BCUT2D eigenvalue weighted by molar-refractivity contribution is 5.73. The zero-order chi connectivity index (χ0) is 13.5. The Balaban J connectivity index is 2.66. The van der Waals surface area contributed by atoms with Gasteiger partial charge in [-0.25, -0.2) is 4.98 Å². The largest absolute Gasteiger partial charge is 0.466 e. The van der Waals surface area contributed by atoms with Gasteiger partial charge < -0.3 is 10.1 Å². The van der Waals surface area contributed by atoms with Gasteiger partial charge in [-0.15, -0.1) is 0 Å². The molecule has 0 aromatic carbocycles. The minimum atomic E-state index is -0.280. The molecule has 0 saturated heterocycles. The molecule has 1 aromatic heterocycles. The molecule has 0 bridgehead atoms. The lowest BCUT2D eigenvalue weighted by Gasteiger charge is -2.20. The van der Waals surface area contributed by atoms with Crippen molar-refractivity contribution in [2.24, 2.45) is 5.92 Å². The van der Waals surface area contributed by atoms with E-state index in [1.54, 1.807) is 32.0 Å². The summed E-state index contributed by atoms with van der Waals surface area (Å²) in [4.78, 5) is 15.7. The molecule has 1 aromatic rings. The van der Waals surface area contributed by atoms with Crippen LogP contribution in [-0.2, 0) is 9.53 Å². The van der Waals surface area contributed by atoms with Crippen LogP contribution in [0.4, 0.5) is 5.82 Å². The molecule has 0 amide bonds. The molecule has 5 nitrogen and oxygen atoms in total. The van der Waals surface area contributed by atoms with Gasteiger partial charge >= 0.3 is 5.97 Å². The Morgan fingerprint density at radius 2 is 2.28 bits per heavy atom. The first-order chi connectivity index (χ1) is 8.58. The average molecular weight is 247 g/mol. The van der Waals surface area contributed by atoms with Crippen LogP contribution in [0.5, 0.6) is 0 Å². The lowest BCUT2D eigenvalue weighted by atomic mass is 10.0. The van der Waals surface area contributed by atoms with Gasteiger partial charge in [-0.3, -0.25) is 4.79 Å². The van der Waals surface area contributed by atoms with Crippen molar-refractivity contribution >= 4 is 11.8 Å². The number of esters is 1. The molecule has 0 unspecified atom stereocenters. The maximum atomic E-state index is 11.6. The fourth-order valence-corrected chi connectivity index (χ4v) is 1.41. The van der Waals surface area contributed by atoms with Crippen LogP contribution < -0.4 is 5.32 Å². The van der Waals surface area contributed by atoms with Gasteiger partial charge in [0.05, 0.1) is 12.5 Å². The maximum Gasteiger partial charge on any atom is 0.310 e. The number of pyridine rings is 1. The molecule has 0 aliphatic carbocycles. The molecule has 1 N–H and O–H groups in total. The second-order valence-electron chi connectivity index (χ2n) is 3.99. The molecule has 0 aliphatic heterocycles. The summed E-state index contributed by atoms with van der Waals surface area (Å²) < 4.78 is 4.96. The van der Waals surface area contributed by atoms with E-state index in [1.165, 1.54) is 0 Å². The highest BCUT2D eigenvalue weighted by Gasteiger charge is 2.21. The van der Waals surface area contributed by atoms with E-state index >= 15 is 0 Å². The Labute approximate surface area is 107 Å². The molecule has 1 rings (SSSR count). The van der Waals surface area contributed by atoms with Crippen molar-refractivity contribution in [1.29, 1.82) is 5.26 Å². The van der Waals surface area contributed by atoms with Crippen molar-refractivity contribution < 1.29 is 9.53 Å². The highest BCUT2D eigenvalue weighted by atomic mass is 16.5. The first kappa shape index (κ1) is 14.0. The summed E-state index contributed by atoms with van der Waals surface area (Å²) in [5.74, 6) is 0.0594. The van der Waals surface area contributed by atoms with Crippen molar-refractivity contribution in [3.8, 4) is 6.07 Å². The average Bonchev–Trinajstić information content (AvgIpc) is 2.38. The summed E-state index contributed by atoms with van der Waals surface area (Å²) in [5, 5.41) is 11.8. The molecule has 0 aliphatic rings. The van der Waals surface area contributed by atoms with Crippen LogP contribution in [0.25, 0.3) is 0 Å². The zero-order valence-corrected chi connectivity index (χ0v) is 10.8. The number of ether oxygens (including phenoxy) is 1. The summed E-state index contributed by atoms with van der Waals surface area (Å²) in [5.41, 5.74) is 0.344. The number of hydrogen-bond donors (Lipinski definition) is 1. The topological polar surface area (TPSA) is 75.0 Å². The fourth-order valence-electron chi connectivity index (χ4n) is 1.41. The number of hydrogen-bond acceptors (Lipinski definition) is 5. The smallest absolute Gasteiger partial charge is 0.310 e. The number of aromatic nitrogens is 1. The van der Waals surface area contributed by atoms with Crippen molar-refractivity contribution in [2.45, 2.75) is 26.8 Å². The minimum absolute atomic E-state index is 0.120. The number of nitrogens with one attached hydrogen (secondary N) is 1. The molecule has 5 heteroatoms. The summed E-state index contributed by atoms with van der Waals surface area (Å²) >= 11 is 0.